The number of rotatable bonds is 6. The second-order valence-electron chi connectivity index (χ2n) is 5.89. The molecule has 1 aromatic rings. The zero-order chi connectivity index (χ0) is 14.6. The van der Waals surface area contributed by atoms with Crippen LogP contribution < -0.4 is 0 Å². The first kappa shape index (κ1) is 16.0. The predicted octanol–water partition coefficient (Wildman–Crippen LogP) is 3.06. The van der Waals surface area contributed by atoms with Crippen LogP contribution in [0.1, 0.15) is 56.2 Å². The van der Waals surface area contributed by atoms with E-state index in [9.17, 15) is 5.11 Å². The summed E-state index contributed by atoms with van der Waals surface area (Å²) in [5.41, 5.74) is 3.22. The molecular formula is C16H27NO2. The van der Waals surface area contributed by atoms with E-state index in [0.717, 1.165) is 17.7 Å². The molecule has 0 amide bonds. The summed E-state index contributed by atoms with van der Waals surface area (Å²) in [7, 11) is 1.99. The fourth-order valence-corrected chi connectivity index (χ4v) is 2.28. The fraction of sp³-hybridized carbons (Fsp3) is 0.625. The van der Waals surface area contributed by atoms with E-state index in [4.69, 9.17) is 5.11 Å². The smallest absolute Gasteiger partial charge is 0.122 e. The van der Waals surface area contributed by atoms with Crippen LogP contribution in [0.4, 0.5) is 0 Å². The van der Waals surface area contributed by atoms with Crippen molar-refractivity contribution in [3.05, 3.63) is 28.8 Å². The molecular weight excluding hydrogens is 238 g/mol. The summed E-state index contributed by atoms with van der Waals surface area (Å²) >= 11 is 0. The second-order valence-corrected chi connectivity index (χ2v) is 5.89. The van der Waals surface area contributed by atoms with Crippen molar-refractivity contribution in [2.45, 2.75) is 46.1 Å². The first-order chi connectivity index (χ1) is 8.86. The minimum Gasteiger partial charge on any atom is -0.507 e. The van der Waals surface area contributed by atoms with E-state index in [1.807, 2.05) is 7.05 Å². The number of aromatic hydroxyl groups is 1. The van der Waals surface area contributed by atoms with Gasteiger partial charge in [0.1, 0.15) is 5.75 Å². The Kier molecular flexibility index (Phi) is 5.83. The maximum absolute atomic E-state index is 10.3. The summed E-state index contributed by atoms with van der Waals surface area (Å²) in [6, 6.07) is 4.17. The van der Waals surface area contributed by atoms with E-state index >= 15 is 0 Å². The molecule has 0 saturated heterocycles. The largest absolute Gasteiger partial charge is 0.507 e. The molecule has 108 valence electrons. The number of benzene rings is 1. The van der Waals surface area contributed by atoms with Crippen LogP contribution in [0.3, 0.4) is 0 Å². The van der Waals surface area contributed by atoms with Crippen molar-refractivity contribution in [1.29, 1.82) is 0 Å². The monoisotopic (exact) mass is 265 g/mol. The molecule has 2 N–H and O–H groups in total. The number of phenols is 1. The van der Waals surface area contributed by atoms with Gasteiger partial charge in [-0.15, -0.1) is 0 Å². The Hall–Kier alpha value is -1.06. The number of likely N-dealkylation sites (N-methyl/N-ethyl adjacent to an activating group) is 1. The molecule has 3 heteroatoms. The Morgan fingerprint density at radius 3 is 1.89 bits per heavy atom. The average Bonchev–Trinajstić information content (AvgIpc) is 2.30. The van der Waals surface area contributed by atoms with Crippen molar-refractivity contribution in [2.24, 2.45) is 0 Å². The fourth-order valence-electron chi connectivity index (χ4n) is 2.28. The van der Waals surface area contributed by atoms with Crippen molar-refractivity contribution < 1.29 is 10.2 Å². The predicted molar refractivity (Wildman–Crippen MR) is 79.7 cm³/mol. The highest BCUT2D eigenvalue weighted by atomic mass is 16.3. The van der Waals surface area contributed by atoms with E-state index in [-0.39, 0.29) is 6.61 Å². The van der Waals surface area contributed by atoms with Crippen molar-refractivity contribution >= 4 is 0 Å². The number of aliphatic hydroxyl groups is 1. The summed E-state index contributed by atoms with van der Waals surface area (Å²) in [4.78, 5) is 2.08. The van der Waals surface area contributed by atoms with Crippen molar-refractivity contribution in [2.75, 3.05) is 20.2 Å². The van der Waals surface area contributed by atoms with E-state index in [1.165, 1.54) is 5.56 Å². The van der Waals surface area contributed by atoms with Gasteiger partial charge in [0, 0.05) is 13.1 Å². The summed E-state index contributed by atoms with van der Waals surface area (Å²) < 4.78 is 0. The van der Waals surface area contributed by atoms with E-state index in [1.54, 1.807) is 0 Å². The summed E-state index contributed by atoms with van der Waals surface area (Å²) in [5, 5.41) is 19.3. The van der Waals surface area contributed by atoms with Gasteiger partial charge in [0.2, 0.25) is 0 Å². The lowest BCUT2D eigenvalue weighted by molar-refractivity contribution is 0.217. The summed E-state index contributed by atoms with van der Waals surface area (Å²) in [6.07, 6.45) is 0. The van der Waals surface area contributed by atoms with Gasteiger partial charge in [-0.25, -0.2) is 0 Å². The minimum atomic E-state index is 0.169. The van der Waals surface area contributed by atoms with Crippen LogP contribution in [-0.2, 0) is 6.54 Å². The molecule has 0 heterocycles. The van der Waals surface area contributed by atoms with Gasteiger partial charge < -0.3 is 10.2 Å². The first-order valence-electron chi connectivity index (χ1n) is 7.01. The molecule has 0 spiro atoms. The number of hydrogen-bond donors (Lipinski definition) is 2. The van der Waals surface area contributed by atoms with Gasteiger partial charge >= 0.3 is 0 Å². The lowest BCUT2D eigenvalue weighted by atomic mass is 9.91. The minimum absolute atomic E-state index is 0.169. The first-order valence-corrected chi connectivity index (χ1v) is 7.01. The number of aliphatic hydroxyl groups excluding tert-OH is 1. The molecule has 0 unspecified atom stereocenters. The number of hydrogen-bond acceptors (Lipinski definition) is 3. The molecule has 0 aliphatic rings. The molecule has 0 bridgehead atoms. The van der Waals surface area contributed by atoms with Gasteiger partial charge in [-0.2, -0.15) is 0 Å². The van der Waals surface area contributed by atoms with Gasteiger partial charge in [-0.05, 0) is 35.6 Å². The molecule has 0 aliphatic heterocycles. The van der Waals surface area contributed by atoms with E-state index in [0.29, 0.717) is 24.1 Å². The topological polar surface area (TPSA) is 43.7 Å². The Morgan fingerprint density at radius 2 is 1.53 bits per heavy atom. The van der Waals surface area contributed by atoms with Crippen LogP contribution in [0.5, 0.6) is 5.75 Å². The Balaban J connectivity index is 3.12. The van der Waals surface area contributed by atoms with Gasteiger partial charge in [-0.3, -0.25) is 4.90 Å². The molecule has 0 aromatic heterocycles. The zero-order valence-electron chi connectivity index (χ0n) is 12.8. The maximum Gasteiger partial charge on any atom is 0.122 e. The van der Waals surface area contributed by atoms with Crippen LogP contribution in [0.25, 0.3) is 0 Å². The van der Waals surface area contributed by atoms with Gasteiger partial charge in [-0.1, -0.05) is 39.8 Å². The highest BCUT2D eigenvalue weighted by Crippen LogP contribution is 2.34. The molecule has 0 saturated carbocycles. The van der Waals surface area contributed by atoms with Crippen molar-refractivity contribution in [3.63, 3.8) is 0 Å². The van der Waals surface area contributed by atoms with E-state index < -0.39 is 0 Å². The maximum atomic E-state index is 10.3. The lowest BCUT2D eigenvalue weighted by Crippen LogP contribution is -2.21. The normalized spacial score (nSPS) is 11.8. The Bertz CT molecular complexity index is 384. The summed E-state index contributed by atoms with van der Waals surface area (Å²) in [5.74, 6) is 1.06. The average molecular weight is 265 g/mol. The van der Waals surface area contributed by atoms with Crippen LogP contribution in [0, 0.1) is 0 Å². The highest BCUT2D eigenvalue weighted by Gasteiger charge is 2.15. The SMILES string of the molecule is CC(C)c1cc(CN(C)CCO)cc(C(C)C)c1O. The third-order valence-electron chi connectivity index (χ3n) is 3.41. The van der Waals surface area contributed by atoms with Crippen molar-refractivity contribution in [3.8, 4) is 5.75 Å². The Labute approximate surface area is 116 Å². The molecule has 0 atom stereocenters. The lowest BCUT2D eigenvalue weighted by Gasteiger charge is -2.20. The van der Waals surface area contributed by atoms with Gasteiger partial charge in [0.25, 0.3) is 0 Å². The molecule has 0 fully saturated rings. The number of nitrogens with zero attached hydrogens (tertiary/aromatic N) is 1. The highest BCUT2D eigenvalue weighted by molar-refractivity contribution is 5.46. The van der Waals surface area contributed by atoms with Crippen LogP contribution >= 0.6 is 0 Å². The Morgan fingerprint density at radius 1 is 1.05 bits per heavy atom. The standard InChI is InChI=1S/C16H27NO2/c1-11(2)14-8-13(10-17(5)6-7-18)9-15(12(3)4)16(14)19/h8-9,11-12,18-19H,6-7,10H2,1-5H3. The molecule has 1 rings (SSSR count). The number of phenolic OH excluding ortho intramolecular Hbond substituents is 1. The molecule has 1 aromatic carbocycles. The summed E-state index contributed by atoms with van der Waals surface area (Å²) in [6.45, 7) is 10.0. The van der Waals surface area contributed by atoms with Crippen molar-refractivity contribution in [1.82, 2.24) is 4.90 Å². The molecule has 3 nitrogen and oxygen atoms in total. The van der Waals surface area contributed by atoms with E-state index in [2.05, 4.69) is 44.7 Å². The van der Waals surface area contributed by atoms with Crippen LogP contribution in [0.2, 0.25) is 0 Å². The van der Waals surface area contributed by atoms with Crippen LogP contribution in [0.15, 0.2) is 12.1 Å². The van der Waals surface area contributed by atoms with Gasteiger partial charge in [0.05, 0.1) is 6.61 Å². The molecule has 0 aliphatic carbocycles. The van der Waals surface area contributed by atoms with Crippen LogP contribution in [-0.4, -0.2) is 35.3 Å². The second kappa shape index (κ2) is 6.92. The third kappa shape index (κ3) is 4.22. The molecule has 19 heavy (non-hydrogen) atoms. The zero-order valence-corrected chi connectivity index (χ0v) is 12.8. The molecule has 0 radical (unpaired) electrons. The third-order valence-corrected chi connectivity index (χ3v) is 3.41. The van der Waals surface area contributed by atoms with Gasteiger partial charge in [0.15, 0.2) is 0 Å². The quantitative estimate of drug-likeness (QED) is 0.831.